The Morgan fingerprint density at radius 1 is 1.29 bits per heavy atom. The summed E-state index contributed by atoms with van der Waals surface area (Å²) in [6.45, 7) is 0.867. The van der Waals surface area contributed by atoms with Crippen LogP contribution in [0.3, 0.4) is 0 Å². The molecule has 0 spiro atoms. The fraction of sp³-hybridized carbons (Fsp3) is 0.471. The third kappa shape index (κ3) is 3.85. The smallest absolute Gasteiger partial charge is 0.0949 e. The maximum absolute atomic E-state index is 5.43. The minimum absolute atomic E-state index is 0.454. The van der Waals surface area contributed by atoms with Crippen molar-refractivity contribution in [1.29, 1.82) is 0 Å². The molecule has 112 valence electrons. The summed E-state index contributed by atoms with van der Waals surface area (Å²) in [5.41, 5.74) is 2.51. The van der Waals surface area contributed by atoms with E-state index in [1.54, 1.807) is 0 Å². The van der Waals surface area contributed by atoms with Gasteiger partial charge in [-0.1, -0.05) is 12.1 Å². The molecule has 21 heavy (non-hydrogen) atoms. The number of hydrogen-bond donors (Lipinski definition) is 1. The highest BCUT2D eigenvalue weighted by atomic mass is 16.5. The van der Waals surface area contributed by atoms with Crippen LogP contribution < -0.4 is 5.32 Å². The number of methoxy groups -OCH3 is 1. The quantitative estimate of drug-likeness (QED) is 0.916. The van der Waals surface area contributed by atoms with Crippen LogP contribution in [0.25, 0.3) is 0 Å². The normalized spacial score (nSPS) is 22.1. The van der Waals surface area contributed by atoms with Crippen LogP contribution in [-0.2, 0) is 11.3 Å². The molecular weight excluding hydrogens is 262 g/mol. The van der Waals surface area contributed by atoms with Crippen LogP contribution in [0.15, 0.2) is 43.0 Å². The van der Waals surface area contributed by atoms with Crippen LogP contribution in [0.1, 0.15) is 31.2 Å². The highest BCUT2D eigenvalue weighted by molar-refractivity contribution is 5.46. The molecule has 0 bridgehead atoms. The first kappa shape index (κ1) is 14.1. The van der Waals surface area contributed by atoms with Crippen molar-refractivity contribution >= 4 is 5.69 Å². The van der Waals surface area contributed by atoms with Crippen LogP contribution in [0.4, 0.5) is 5.69 Å². The molecule has 1 heterocycles. The molecular formula is C17H23N3O. The van der Waals surface area contributed by atoms with Crippen molar-refractivity contribution in [2.75, 3.05) is 12.4 Å². The molecule has 4 nitrogen and oxygen atoms in total. The van der Waals surface area contributed by atoms with Gasteiger partial charge in [-0.25, -0.2) is 4.98 Å². The van der Waals surface area contributed by atoms with Crippen LogP contribution in [-0.4, -0.2) is 28.8 Å². The SMILES string of the molecule is COC1CCC(Nc2cccc(Cn3ccnc3)c2)CC1. The predicted octanol–water partition coefficient (Wildman–Crippen LogP) is 3.30. The number of nitrogens with one attached hydrogen (secondary N) is 1. The van der Waals surface area contributed by atoms with E-state index in [0.717, 1.165) is 19.4 Å². The average Bonchev–Trinajstić information content (AvgIpc) is 3.01. The number of nitrogens with zero attached hydrogens (tertiary/aromatic N) is 2. The fourth-order valence-electron chi connectivity index (χ4n) is 3.03. The molecule has 0 radical (unpaired) electrons. The van der Waals surface area contributed by atoms with Gasteiger partial charge in [-0.3, -0.25) is 0 Å². The van der Waals surface area contributed by atoms with Gasteiger partial charge < -0.3 is 14.6 Å². The fourth-order valence-corrected chi connectivity index (χ4v) is 3.03. The summed E-state index contributed by atoms with van der Waals surface area (Å²) in [6, 6.07) is 9.24. The minimum atomic E-state index is 0.454. The van der Waals surface area contributed by atoms with Crippen LogP contribution in [0, 0.1) is 0 Å². The molecule has 1 aliphatic carbocycles. The van der Waals surface area contributed by atoms with E-state index in [1.807, 2.05) is 25.8 Å². The third-order valence-corrected chi connectivity index (χ3v) is 4.23. The molecule has 1 fully saturated rings. The highest BCUT2D eigenvalue weighted by Gasteiger charge is 2.20. The van der Waals surface area contributed by atoms with E-state index in [1.165, 1.54) is 24.1 Å². The van der Waals surface area contributed by atoms with Gasteiger partial charge in [0.05, 0.1) is 12.4 Å². The van der Waals surface area contributed by atoms with Crippen LogP contribution in [0.5, 0.6) is 0 Å². The first-order valence-electron chi connectivity index (χ1n) is 7.67. The number of imidazole rings is 1. The summed E-state index contributed by atoms with van der Waals surface area (Å²) in [5, 5.41) is 3.67. The zero-order valence-electron chi connectivity index (χ0n) is 12.5. The Morgan fingerprint density at radius 2 is 2.14 bits per heavy atom. The summed E-state index contributed by atoms with van der Waals surface area (Å²) in [6.07, 6.45) is 10.8. The van der Waals surface area contributed by atoms with Gasteiger partial charge in [0, 0.05) is 37.8 Å². The molecule has 1 saturated carbocycles. The molecule has 0 saturated heterocycles. The van der Waals surface area contributed by atoms with Gasteiger partial charge in [0.15, 0.2) is 0 Å². The number of anilines is 1. The van der Waals surface area contributed by atoms with Crippen LogP contribution >= 0.6 is 0 Å². The van der Waals surface area contributed by atoms with Crippen molar-refractivity contribution in [3.05, 3.63) is 48.5 Å². The first-order valence-corrected chi connectivity index (χ1v) is 7.67. The number of rotatable bonds is 5. The topological polar surface area (TPSA) is 39.1 Å². The molecule has 0 amide bonds. The van der Waals surface area contributed by atoms with Gasteiger partial charge in [0.1, 0.15) is 0 Å². The Labute approximate surface area is 126 Å². The second-order valence-corrected chi connectivity index (χ2v) is 5.79. The maximum Gasteiger partial charge on any atom is 0.0949 e. The largest absolute Gasteiger partial charge is 0.382 e. The second kappa shape index (κ2) is 6.76. The van der Waals surface area contributed by atoms with E-state index in [9.17, 15) is 0 Å². The van der Waals surface area contributed by atoms with E-state index >= 15 is 0 Å². The Balaban J connectivity index is 1.58. The van der Waals surface area contributed by atoms with Crippen molar-refractivity contribution in [3.63, 3.8) is 0 Å². The number of ether oxygens (including phenoxy) is 1. The number of hydrogen-bond acceptors (Lipinski definition) is 3. The molecule has 3 rings (SSSR count). The van der Waals surface area contributed by atoms with Crippen molar-refractivity contribution in [2.45, 2.75) is 44.4 Å². The van der Waals surface area contributed by atoms with Crippen molar-refractivity contribution in [2.24, 2.45) is 0 Å². The number of benzene rings is 1. The van der Waals surface area contributed by atoms with Gasteiger partial charge in [-0.15, -0.1) is 0 Å². The summed E-state index contributed by atoms with van der Waals surface area (Å²) in [5.74, 6) is 0. The average molecular weight is 285 g/mol. The van der Waals surface area contributed by atoms with E-state index in [0.29, 0.717) is 12.1 Å². The molecule has 0 aliphatic heterocycles. The van der Waals surface area contributed by atoms with Gasteiger partial charge in [0.25, 0.3) is 0 Å². The summed E-state index contributed by atoms with van der Waals surface area (Å²) < 4.78 is 7.52. The molecule has 1 N–H and O–H groups in total. The molecule has 1 aromatic carbocycles. The van der Waals surface area contributed by atoms with Crippen molar-refractivity contribution in [1.82, 2.24) is 9.55 Å². The Kier molecular flexibility index (Phi) is 4.55. The van der Waals surface area contributed by atoms with E-state index < -0.39 is 0 Å². The summed E-state index contributed by atoms with van der Waals surface area (Å²) in [4.78, 5) is 4.09. The lowest BCUT2D eigenvalue weighted by Gasteiger charge is -2.29. The minimum Gasteiger partial charge on any atom is -0.382 e. The van der Waals surface area contributed by atoms with E-state index in [-0.39, 0.29) is 0 Å². The van der Waals surface area contributed by atoms with Crippen molar-refractivity contribution in [3.8, 4) is 0 Å². The van der Waals surface area contributed by atoms with Gasteiger partial charge in [0.2, 0.25) is 0 Å². The zero-order chi connectivity index (χ0) is 14.5. The van der Waals surface area contributed by atoms with E-state index in [4.69, 9.17) is 4.74 Å². The highest BCUT2D eigenvalue weighted by Crippen LogP contribution is 2.24. The van der Waals surface area contributed by atoms with Gasteiger partial charge in [-0.05, 0) is 43.4 Å². The lowest BCUT2D eigenvalue weighted by molar-refractivity contribution is 0.0682. The summed E-state index contributed by atoms with van der Waals surface area (Å²) in [7, 11) is 1.82. The lowest BCUT2D eigenvalue weighted by Crippen LogP contribution is -2.29. The standard InChI is InChI=1S/C17H23N3O/c1-21-17-7-5-15(6-8-17)19-16-4-2-3-14(11-16)12-20-10-9-18-13-20/h2-4,9-11,13,15,17,19H,5-8,12H2,1H3. The monoisotopic (exact) mass is 285 g/mol. The van der Waals surface area contributed by atoms with Crippen molar-refractivity contribution < 1.29 is 4.74 Å². The Morgan fingerprint density at radius 3 is 2.86 bits per heavy atom. The summed E-state index contributed by atoms with van der Waals surface area (Å²) >= 11 is 0. The number of aromatic nitrogens is 2. The van der Waals surface area contributed by atoms with Gasteiger partial charge in [-0.2, -0.15) is 0 Å². The lowest BCUT2D eigenvalue weighted by atomic mass is 9.93. The Hall–Kier alpha value is -1.81. The molecule has 2 aromatic rings. The maximum atomic E-state index is 5.43. The zero-order valence-corrected chi connectivity index (χ0v) is 12.5. The first-order chi connectivity index (χ1) is 10.3. The van der Waals surface area contributed by atoms with E-state index in [2.05, 4.69) is 39.1 Å². The second-order valence-electron chi connectivity index (χ2n) is 5.79. The molecule has 0 atom stereocenters. The van der Waals surface area contributed by atoms with Gasteiger partial charge >= 0.3 is 0 Å². The van der Waals surface area contributed by atoms with Crippen LogP contribution in [0.2, 0.25) is 0 Å². The predicted molar refractivity (Wildman–Crippen MR) is 84.4 cm³/mol. The molecule has 0 unspecified atom stereocenters. The molecule has 1 aliphatic rings. The third-order valence-electron chi connectivity index (χ3n) is 4.23. The molecule has 1 aromatic heterocycles. The molecule has 4 heteroatoms. The Bertz CT molecular complexity index is 545.